The molecule has 1 aromatic heterocycles. The number of aryl methyl sites for hydroxylation is 3. The van der Waals surface area contributed by atoms with Gasteiger partial charge in [-0.15, -0.1) is 0 Å². The first-order chi connectivity index (χ1) is 14.2. The van der Waals surface area contributed by atoms with E-state index in [1.165, 1.54) is 28.8 Å². The van der Waals surface area contributed by atoms with E-state index < -0.39 is 11.7 Å². The highest BCUT2D eigenvalue weighted by Gasteiger charge is 2.30. The predicted octanol–water partition coefficient (Wildman–Crippen LogP) is 6.04. The number of hydrogen-bond donors (Lipinski definition) is 1. The number of aromatic nitrogens is 2. The lowest BCUT2D eigenvalue weighted by Crippen LogP contribution is -2.07. The maximum atomic E-state index is 12.8. The number of nitrogens with one attached hydrogen (secondary N) is 1. The van der Waals surface area contributed by atoms with Crippen molar-refractivity contribution >= 4 is 22.9 Å². The van der Waals surface area contributed by atoms with Crippen LogP contribution in [0.15, 0.2) is 47.5 Å². The van der Waals surface area contributed by atoms with E-state index in [0.717, 1.165) is 30.0 Å². The van der Waals surface area contributed by atoms with Crippen molar-refractivity contribution in [3.05, 3.63) is 76.2 Å². The van der Waals surface area contributed by atoms with Crippen LogP contribution in [0, 0.1) is 20.8 Å². The molecule has 154 valence electrons. The van der Waals surface area contributed by atoms with E-state index >= 15 is 0 Å². The summed E-state index contributed by atoms with van der Waals surface area (Å²) in [5, 5.41) is 3.11. The van der Waals surface area contributed by atoms with Gasteiger partial charge in [0, 0.05) is 24.2 Å². The molecule has 0 amide bonds. The second kappa shape index (κ2) is 7.55. The molecule has 0 bridgehead atoms. The highest BCUT2D eigenvalue weighted by atomic mass is 19.4. The number of anilines is 2. The minimum atomic E-state index is -4.36. The first-order valence-corrected chi connectivity index (χ1v) is 9.64. The molecule has 30 heavy (non-hydrogen) atoms. The molecule has 1 N–H and O–H groups in total. The second-order valence-electron chi connectivity index (χ2n) is 7.52. The lowest BCUT2D eigenvalue weighted by molar-refractivity contribution is -0.137. The zero-order valence-corrected chi connectivity index (χ0v) is 16.9. The highest BCUT2D eigenvalue weighted by molar-refractivity contribution is 5.97. The highest BCUT2D eigenvalue weighted by Crippen LogP contribution is 2.36. The van der Waals surface area contributed by atoms with Crippen molar-refractivity contribution in [3.8, 4) is 0 Å². The zero-order valence-electron chi connectivity index (χ0n) is 16.9. The Balaban J connectivity index is 1.62. The molecule has 2 heterocycles. The van der Waals surface area contributed by atoms with Gasteiger partial charge in [0.2, 0.25) is 0 Å². The summed E-state index contributed by atoms with van der Waals surface area (Å²) in [7, 11) is 0. The summed E-state index contributed by atoms with van der Waals surface area (Å²) >= 11 is 0. The fraction of sp³-hybridized carbons (Fsp3) is 0.261. The van der Waals surface area contributed by atoms with Crippen LogP contribution in [-0.2, 0) is 19.0 Å². The molecule has 1 aliphatic heterocycles. The summed E-state index contributed by atoms with van der Waals surface area (Å²) in [5.74, 6) is 1.10. The van der Waals surface area contributed by atoms with Crippen LogP contribution in [0.4, 0.5) is 30.4 Å². The van der Waals surface area contributed by atoms with Crippen molar-refractivity contribution in [2.75, 3.05) is 5.32 Å². The molecule has 3 aromatic rings. The number of alkyl halides is 3. The molecule has 7 heteroatoms. The van der Waals surface area contributed by atoms with Crippen molar-refractivity contribution in [3.63, 3.8) is 0 Å². The zero-order chi connectivity index (χ0) is 21.5. The molecule has 0 spiro atoms. The van der Waals surface area contributed by atoms with Crippen molar-refractivity contribution in [1.82, 2.24) is 9.97 Å². The first-order valence-electron chi connectivity index (χ1n) is 9.64. The lowest BCUT2D eigenvalue weighted by Gasteiger charge is -2.11. The summed E-state index contributed by atoms with van der Waals surface area (Å²) in [5.41, 5.74) is 6.01. The molecule has 0 saturated carbocycles. The third-order valence-corrected chi connectivity index (χ3v) is 5.21. The van der Waals surface area contributed by atoms with Gasteiger partial charge in [0.1, 0.15) is 11.5 Å². The standard InChI is InChI=1S/C23H21F3N4/c1-13-5-4-6-14(2)19(13)11-18-12-20-21(29-18)22(28-15(3)27-20)30-17-9-7-16(8-10-17)23(24,25)26/h4-10H,11-12H2,1-3H3,(H,27,28,30). The summed E-state index contributed by atoms with van der Waals surface area (Å²) < 4.78 is 38.4. The summed E-state index contributed by atoms with van der Waals surface area (Å²) in [6.07, 6.45) is -3.00. The average molecular weight is 410 g/mol. The Bertz CT molecular complexity index is 1110. The third kappa shape index (κ3) is 4.06. The predicted molar refractivity (Wildman–Crippen MR) is 112 cm³/mol. The molecule has 4 rings (SSSR count). The molecule has 0 aliphatic carbocycles. The minimum absolute atomic E-state index is 0.508. The minimum Gasteiger partial charge on any atom is -0.338 e. The van der Waals surface area contributed by atoms with Gasteiger partial charge in [-0.3, -0.25) is 4.99 Å². The Hall–Kier alpha value is -3.22. The van der Waals surface area contributed by atoms with Gasteiger partial charge >= 0.3 is 6.18 Å². The van der Waals surface area contributed by atoms with Crippen LogP contribution in [-0.4, -0.2) is 15.7 Å². The van der Waals surface area contributed by atoms with Gasteiger partial charge in [0.25, 0.3) is 0 Å². The Kier molecular flexibility index (Phi) is 5.05. The van der Waals surface area contributed by atoms with Crippen molar-refractivity contribution in [1.29, 1.82) is 0 Å². The summed E-state index contributed by atoms with van der Waals surface area (Å²) in [6.45, 7) is 5.97. The number of hydrogen-bond acceptors (Lipinski definition) is 4. The first kappa shape index (κ1) is 20.1. The van der Waals surface area contributed by atoms with Gasteiger partial charge in [-0.2, -0.15) is 13.2 Å². The molecule has 0 atom stereocenters. The number of rotatable bonds is 4. The molecular weight excluding hydrogens is 389 g/mol. The number of fused-ring (bicyclic) bond motifs is 1. The molecule has 0 fully saturated rings. The van der Waals surface area contributed by atoms with Crippen molar-refractivity contribution in [2.24, 2.45) is 4.99 Å². The maximum absolute atomic E-state index is 12.8. The van der Waals surface area contributed by atoms with Gasteiger partial charge in [-0.25, -0.2) is 9.97 Å². The molecule has 4 nitrogen and oxygen atoms in total. The Labute approximate surface area is 172 Å². The SMILES string of the molecule is Cc1nc2c(c(Nc3ccc(C(F)(F)F)cc3)n1)N=C(Cc1c(C)cccc1C)C2. The quantitative estimate of drug-likeness (QED) is 0.571. The van der Waals surface area contributed by atoms with Crippen LogP contribution in [0.2, 0.25) is 0 Å². The Morgan fingerprint density at radius 2 is 1.60 bits per heavy atom. The Morgan fingerprint density at radius 3 is 2.23 bits per heavy atom. The van der Waals surface area contributed by atoms with Gasteiger partial charge in [0.05, 0.1) is 11.3 Å². The van der Waals surface area contributed by atoms with Crippen LogP contribution in [0.25, 0.3) is 0 Å². The van der Waals surface area contributed by atoms with Crippen LogP contribution >= 0.6 is 0 Å². The van der Waals surface area contributed by atoms with Crippen molar-refractivity contribution in [2.45, 2.75) is 39.8 Å². The lowest BCUT2D eigenvalue weighted by atomic mass is 9.97. The molecule has 0 saturated heterocycles. The Morgan fingerprint density at radius 1 is 0.933 bits per heavy atom. The van der Waals surface area contributed by atoms with Gasteiger partial charge in [-0.1, -0.05) is 18.2 Å². The summed E-state index contributed by atoms with van der Waals surface area (Å²) in [6, 6.07) is 11.1. The van der Waals surface area contributed by atoms with E-state index in [9.17, 15) is 13.2 Å². The van der Waals surface area contributed by atoms with Crippen LogP contribution in [0.1, 0.15) is 33.8 Å². The second-order valence-corrected chi connectivity index (χ2v) is 7.52. The van der Waals surface area contributed by atoms with E-state index in [-0.39, 0.29) is 0 Å². The van der Waals surface area contributed by atoms with Gasteiger partial charge in [0.15, 0.2) is 5.82 Å². The molecule has 2 aromatic carbocycles. The number of aliphatic imine (C=N–C) groups is 1. The molecule has 0 radical (unpaired) electrons. The summed E-state index contributed by atoms with van der Waals surface area (Å²) in [4.78, 5) is 13.7. The molecule has 1 aliphatic rings. The number of halogens is 3. The normalized spacial score (nSPS) is 13.2. The van der Waals surface area contributed by atoms with E-state index in [4.69, 9.17) is 4.99 Å². The van der Waals surface area contributed by atoms with Gasteiger partial charge in [-0.05, 0) is 61.7 Å². The number of nitrogens with zero attached hydrogens (tertiary/aromatic N) is 3. The van der Waals surface area contributed by atoms with E-state index in [1.54, 1.807) is 6.92 Å². The van der Waals surface area contributed by atoms with Crippen LogP contribution < -0.4 is 5.32 Å². The van der Waals surface area contributed by atoms with Crippen LogP contribution in [0.5, 0.6) is 0 Å². The molecular formula is C23H21F3N4. The van der Waals surface area contributed by atoms with Gasteiger partial charge < -0.3 is 5.32 Å². The molecule has 0 unspecified atom stereocenters. The van der Waals surface area contributed by atoms with E-state index in [1.807, 2.05) is 6.07 Å². The largest absolute Gasteiger partial charge is 0.416 e. The maximum Gasteiger partial charge on any atom is 0.416 e. The van der Waals surface area contributed by atoms with E-state index in [2.05, 4.69) is 41.3 Å². The topological polar surface area (TPSA) is 50.2 Å². The number of benzene rings is 2. The monoisotopic (exact) mass is 410 g/mol. The van der Waals surface area contributed by atoms with Crippen molar-refractivity contribution < 1.29 is 13.2 Å². The fourth-order valence-corrected chi connectivity index (χ4v) is 3.66. The average Bonchev–Trinajstić information content (AvgIpc) is 3.07. The third-order valence-electron chi connectivity index (χ3n) is 5.21. The van der Waals surface area contributed by atoms with E-state index in [0.29, 0.717) is 29.4 Å². The smallest absolute Gasteiger partial charge is 0.338 e. The van der Waals surface area contributed by atoms with Crippen LogP contribution in [0.3, 0.4) is 0 Å². The fourth-order valence-electron chi connectivity index (χ4n) is 3.66.